The standard InChI is InChI=1S/C17H19N3/c1-5-14-6-8-15(9-7-14)20(4)17-10-12(2)19-13(3)16(17)11-18/h6-10H,5H2,1-4H3. The van der Waals surface area contributed by atoms with Crippen molar-refractivity contribution >= 4 is 11.4 Å². The summed E-state index contributed by atoms with van der Waals surface area (Å²) in [6.45, 7) is 5.97. The van der Waals surface area contributed by atoms with Gasteiger partial charge in [0.25, 0.3) is 0 Å². The van der Waals surface area contributed by atoms with E-state index >= 15 is 0 Å². The summed E-state index contributed by atoms with van der Waals surface area (Å²) < 4.78 is 0. The Balaban J connectivity index is 2.47. The first-order valence-electron chi connectivity index (χ1n) is 6.77. The van der Waals surface area contributed by atoms with Crippen LogP contribution in [0.15, 0.2) is 30.3 Å². The molecule has 0 radical (unpaired) electrons. The number of hydrogen-bond donors (Lipinski definition) is 0. The number of pyridine rings is 1. The number of hydrogen-bond acceptors (Lipinski definition) is 3. The molecule has 0 saturated carbocycles. The lowest BCUT2D eigenvalue weighted by molar-refractivity contribution is 1.08. The molecule has 0 bridgehead atoms. The summed E-state index contributed by atoms with van der Waals surface area (Å²) >= 11 is 0. The fourth-order valence-electron chi connectivity index (χ4n) is 2.31. The van der Waals surface area contributed by atoms with Gasteiger partial charge in [0.2, 0.25) is 0 Å². The van der Waals surface area contributed by atoms with Crippen LogP contribution in [-0.2, 0) is 6.42 Å². The zero-order chi connectivity index (χ0) is 14.7. The summed E-state index contributed by atoms with van der Waals surface area (Å²) in [7, 11) is 1.98. The van der Waals surface area contributed by atoms with Crippen LogP contribution in [-0.4, -0.2) is 12.0 Å². The molecule has 1 aromatic heterocycles. The number of aryl methyl sites for hydroxylation is 3. The Morgan fingerprint density at radius 1 is 1.20 bits per heavy atom. The molecule has 0 fully saturated rings. The van der Waals surface area contributed by atoms with Gasteiger partial charge in [0.1, 0.15) is 6.07 Å². The predicted octanol–water partition coefficient (Wildman–Crippen LogP) is 3.90. The molecule has 3 heteroatoms. The summed E-state index contributed by atoms with van der Waals surface area (Å²) in [5, 5.41) is 9.35. The average molecular weight is 265 g/mol. The summed E-state index contributed by atoms with van der Waals surface area (Å²) in [4.78, 5) is 6.40. The second-order valence-corrected chi connectivity index (χ2v) is 4.93. The molecule has 0 aliphatic carbocycles. The van der Waals surface area contributed by atoms with Crippen molar-refractivity contribution in [2.75, 3.05) is 11.9 Å². The minimum absolute atomic E-state index is 0.637. The molecule has 0 unspecified atom stereocenters. The van der Waals surface area contributed by atoms with E-state index in [-0.39, 0.29) is 0 Å². The van der Waals surface area contributed by atoms with Crippen molar-refractivity contribution in [1.82, 2.24) is 4.98 Å². The molecule has 1 heterocycles. The van der Waals surface area contributed by atoms with Gasteiger partial charge in [0, 0.05) is 18.4 Å². The van der Waals surface area contributed by atoms with Gasteiger partial charge in [-0.05, 0) is 44.0 Å². The van der Waals surface area contributed by atoms with Crippen LogP contribution in [0, 0.1) is 25.2 Å². The molecule has 0 atom stereocenters. The minimum Gasteiger partial charge on any atom is -0.343 e. The maximum absolute atomic E-state index is 9.35. The number of rotatable bonds is 3. The zero-order valence-electron chi connectivity index (χ0n) is 12.4. The maximum Gasteiger partial charge on any atom is 0.103 e. The molecule has 0 amide bonds. The van der Waals surface area contributed by atoms with Gasteiger partial charge >= 0.3 is 0 Å². The molecule has 0 saturated heterocycles. The lowest BCUT2D eigenvalue weighted by Gasteiger charge is -2.22. The number of benzene rings is 1. The van der Waals surface area contributed by atoms with E-state index in [2.05, 4.69) is 42.2 Å². The van der Waals surface area contributed by atoms with E-state index in [0.29, 0.717) is 5.56 Å². The molecule has 3 nitrogen and oxygen atoms in total. The molecular weight excluding hydrogens is 246 g/mol. The SMILES string of the molecule is CCc1ccc(N(C)c2cc(C)nc(C)c2C#N)cc1. The summed E-state index contributed by atoms with van der Waals surface area (Å²) in [5.41, 5.74) is 5.63. The molecule has 102 valence electrons. The predicted molar refractivity (Wildman–Crippen MR) is 82.3 cm³/mol. The second-order valence-electron chi connectivity index (χ2n) is 4.93. The Morgan fingerprint density at radius 2 is 1.85 bits per heavy atom. The van der Waals surface area contributed by atoms with Crippen molar-refractivity contribution in [3.8, 4) is 6.07 Å². The number of anilines is 2. The fraction of sp³-hybridized carbons (Fsp3) is 0.294. The van der Waals surface area contributed by atoms with Gasteiger partial charge in [-0.15, -0.1) is 0 Å². The van der Waals surface area contributed by atoms with Crippen LogP contribution in [0.3, 0.4) is 0 Å². The van der Waals surface area contributed by atoms with Gasteiger partial charge in [0.05, 0.1) is 16.9 Å². The van der Waals surface area contributed by atoms with Gasteiger partial charge in [-0.25, -0.2) is 0 Å². The highest BCUT2D eigenvalue weighted by molar-refractivity contribution is 5.70. The van der Waals surface area contributed by atoms with Crippen molar-refractivity contribution in [2.24, 2.45) is 0 Å². The third-order valence-electron chi connectivity index (χ3n) is 3.51. The summed E-state index contributed by atoms with van der Waals surface area (Å²) in [5.74, 6) is 0. The monoisotopic (exact) mass is 265 g/mol. The van der Waals surface area contributed by atoms with Gasteiger partial charge in [0.15, 0.2) is 0 Å². The average Bonchev–Trinajstić information content (AvgIpc) is 2.46. The molecule has 2 rings (SSSR count). The minimum atomic E-state index is 0.637. The Morgan fingerprint density at radius 3 is 2.40 bits per heavy atom. The van der Waals surface area contributed by atoms with Crippen molar-refractivity contribution in [1.29, 1.82) is 5.26 Å². The van der Waals surface area contributed by atoms with E-state index in [4.69, 9.17) is 0 Å². The van der Waals surface area contributed by atoms with Crippen molar-refractivity contribution in [2.45, 2.75) is 27.2 Å². The molecule has 2 aromatic rings. The van der Waals surface area contributed by atoms with Crippen LogP contribution in [0.4, 0.5) is 11.4 Å². The van der Waals surface area contributed by atoms with E-state index in [1.807, 2.05) is 31.9 Å². The smallest absolute Gasteiger partial charge is 0.103 e. The van der Waals surface area contributed by atoms with Gasteiger partial charge in [-0.3, -0.25) is 4.98 Å². The van der Waals surface area contributed by atoms with Crippen LogP contribution in [0.5, 0.6) is 0 Å². The maximum atomic E-state index is 9.35. The zero-order valence-corrected chi connectivity index (χ0v) is 12.4. The Hall–Kier alpha value is -2.34. The van der Waals surface area contributed by atoms with E-state index in [1.54, 1.807) is 0 Å². The molecule has 0 spiro atoms. The lowest BCUT2D eigenvalue weighted by Crippen LogP contribution is -2.13. The largest absolute Gasteiger partial charge is 0.343 e. The van der Waals surface area contributed by atoms with Crippen molar-refractivity contribution in [3.05, 3.63) is 52.8 Å². The Labute approximate surface area is 120 Å². The molecule has 0 aliphatic rings. The van der Waals surface area contributed by atoms with Crippen LogP contribution >= 0.6 is 0 Å². The fourth-order valence-corrected chi connectivity index (χ4v) is 2.31. The van der Waals surface area contributed by atoms with E-state index in [9.17, 15) is 5.26 Å². The normalized spacial score (nSPS) is 10.2. The second kappa shape index (κ2) is 5.75. The highest BCUT2D eigenvalue weighted by Crippen LogP contribution is 2.28. The highest BCUT2D eigenvalue weighted by Gasteiger charge is 2.13. The van der Waals surface area contributed by atoms with Crippen LogP contribution < -0.4 is 4.90 Å². The highest BCUT2D eigenvalue weighted by atomic mass is 15.1. The van der Waals surface area contributed by atoms with E-state index < -0.39 is 0 Å². The van der Waals surface area contributed by atoms with Crippen LogP contribution in [0.2, 0.25) is 0 Å². The van der Waals surface area contributed by atoms with E-state index in [1.165, 1.54) is 5.56 Å². The summed E-state index contributed by atoms with van der Waals surface area (Å²) in [6.07, 6.45) is 1.03. The first-order chi connectivity index (χ1) is 9.56. The lowest BCUT2D eigenvalue weighted by atomic mass is 10.1. The quantitative estimate of drug-likeness (QED) is 0.845. The van der Waals surface area contributed by atoms with E-state index in [0.717, 1.165) is 29.2 Å². The van der Waals surface area contributed by atoms with Gasteiger partial charge in [-0.2, -0.15) is 5.26 Å². The molecular formula is C17H19N3. The van der Waals surface area contributed by atoms with Crippen molar-refractivity contribution < 1.29 is 0 Å². The summed E-state index contributed by atoms with van der Waals surface area (Å²) in [6, 6.07) is 12.6. The number of aromatic nitrogens is 1. The topological polar surface area (TPSA) is 39.9 Å². The first kappa shape index (κ1) is 14.1. The Bertz CT molecular complexity index is 651. The number of nitrogens with zero attached hydrogens (tertiary/aromatic N) is 3. The first-order valence-corrected chi connectivity index (χ1v) is 6.77. The number of nitriles is 1. The van der Waals surface area contributed by atoms with Crippen LogP contribution in [0.25, 0.3) is 0 Å². The third kappa shape index (κ3) is 2.65. The van der Waals surface area contributed by atoms with Crippen molar-refractivity contribution in [3.63, 3.8) is 0 Å². The third-order valence-corrected chi connectivity index (χ3v) is 3.51. The van der Waals surface area contributed by atoms with Crippen LogP contribution in [0.1, 0.15) is 29.4 Å². The molecule has 0 N–H and O–H groups in total. The van der Waals surface area contributed by atoms with Gasteiger partial charge in [-0.1, -0.05) is 19.1 Å². The molecule has 20 heavy (non-hydrogen) atoms. The Kier molecular flexibility index (Phi) is 4.05. The molecule has 0 aliphatic heterocycles. The van der Waals surface area contributed by atoms with Gasteiger partial charge < -0.3 is 4.90 Å². The molecule has 1 aromatic carbocycles.